The van der Waals surface area contributed by atoms with Gasteiger partial charge in [0, 0.05) is 40.9 Å². The van der Waals surface area contributed by atoms with Crippen LogP contribution in [-0.4, -0.2) is 9.55 Å². The van der Waals surface area contributed by atoms with Gasteiger partial charge in [-0.15, -0.1) is 0 Å². The summed E-state index contributed by atoms with van der Waals surface area (Å²) in [6.45, 7) is 18.9. The molecule has 2 heteroatoms. The van der Waals surface area contributed by atoms with Crippen molar-refractivity contribution >= 4 is 21.7 Å². The first-order chi connectivity index (χ1) is 14.5. The Morgan fingerprint density at radius 1 is 0.800 bits per heavy atom. The van der Waals surface area contributed by atoms with E-state index >= 15 is 0 Å². The third kappa shape index (κ3) is 5.95. The molecule has 0 aliphatic rings. The maximum Gasteiger partial charge on any atom is 0.0485 e. The van der Waals surface area contributed by atoms with E-state index in [-0.39, 0.29) is 0 Å². The van der Waals surface area contributed by atoms with Crippen LogP contribution in [0.2, 0.25) is 0 Å². The number of para-hydroxylation sites is 1. The fourth-order valence-electron chi connectivity index (χ4n) is 3.51. The average molecular weight is 405 g/mol. The average Bonchev–Trinajstić information content (AvgIpc) is 3.15. The van der Waals surface area contributed by atoms with Gasteiger partial charge in [-0.2, -0.15) is 0 Å². The highest BCUT2D eigenvalue weighted by Crippen LogP contribution is 2.23. The molecule has 0 spiro atoms. The molecule has 0 fully saturated rings. The molecule has 2 nitrogen and oxygen atoms in total. The summed E-state index contributed by atoms with van der Waals surface area (Å²) in [5, 5.41) is 4.00. The highest BCUT2D eigenvalue weighted by atomic mass is 15.0. The zero-order chi connectivity index (χ0) is 22.7. The Labute approximate surface area is 184 Å². The number of nitrogens with zero attached hydrogens (tertiary/aromatic N) is 2. The molecule has 0 saturated carbocycles. The highest BCUT2D eigenvalue weighted by molar-refractivity contribution is 5.87. The van der Waals surface area contributed by atoms with Crippen molar-refractivity contribution in [1.82, 2.24) is 9.55 Å². The molecule has 0 atom stereocenters. The first kappa shape index (κ1) is 25.4. The number of hydrogen-bond acceptors (Lipinski definition) is 1. The maximum atomic E-state index is 4.15. The van der Waals surface area contributed by atoms with Crippen LogP contribution in [0.4, 0.5) is 0 Å². The van der Waals surface area contributed by atoms with Crippen LogP contribution < -0.4 is 0 Å². The van der Waals surface area contributed by atoms with Gasteiger partial charge in [-0.1, -0.05) is 65.0 Å². The number of aromatic nitrogens is 2. The second-order valence-corrected chi connectivity index (χ2v) is 7.15. The SMILES string of the molecule is CC.CC.CCc1ccc(C)c2cnccc12.Cc1cn(C(C)C)c2ccccc12. The van der Waals surface area contributed by atoms with Crippen molar-refractivity contribution in [1.29, 1.82) is 0 Å². The second-order valence-electron chi connectivity index (χ2n) is 7.15. The molecule has 0 saturated heterocycles. The van der Waals surface area contributed by atoms with Gasteiger partial charge in [-0.3, -0.25) is 4.98 Å². The molecule has 30 heavy (non-hydrogen) atoms. The van der Waals surface area contributed by atoms with Gasteiger partial charge in [-0.25, -0.2) is 0 Å². The Hall–Kier alpha value is -2.61. The molecule has 162 valence electrons. The Morgan fingerprint density at radius 3 is 2.10 bits per heavy atom. The minimum Gasteiger partial charge on any atom is -0.345 e. The van der Waals surface area contributed by atoms with E-state index in [1.54, 1.807) is 0 Å². The third-order valence-corrected chi connectivity index (χ3v) is 5.00. The number of benzene rings is 2. The fourth-order valence-corrected chi connectivity index (χ4v) is 3.51. The van der Waals surface area contributed by atoms with Crippen molar-refractivity contribution < 1.29 is 0 Å². The molecule has 0 aliphatic heterocycles. The summed E-state index contributed by atoms with van der Waals surface area (Å²) < 4.78 is 2.32. The van der Waals surface area contributed by atoms with Crippen molar-refractivity contribution in [3.05, 3.63) is 77.7 Å². The fraction of sp³-hybridized carbons (Fsp3) is 0.393. The molecule has 0 unspecified atom stereocenters. The molecule has 0 bridgehead atoms. The first-order valence-corrected chi connectivity index (χ1v) is 11.4. The largest absolute Gasteiger partial charge is 0.345 e. The summed E-state index contributed by atoms with van der Waals surface area (Å²) in [6.07, 6.45) is 7.13. The van der Waals surface area contributed by atoms with Gasteiger partial charge in [-0.05, 0) is 68.3 Å². The zero-order valence-electron chi connectivity index (χ0n) is 20.5. The molecular weight excluding hydrogens is 364 g/mol. The standard InChI is InChI=1S/C12H15N.C12H13N.2C2H6/c1-9(2)13-8-10(3)11-6-4-5-7-12(11)13;1-3-10-5-4-9(2)12-8-13-7-6-11(10)12;2*1-2/h4-9H,1-3H3;4-8H,3H2,1-2H3;2*1-2H3. The van der Waals surface area contributed by atoms with Gasteiger partial charge >= 0.3 is 0 Å². The summed E-state index contributed by atoms with van der Waals surface area (Å²) in [4.78, 5) is 4.15. The van der Waals surface area contributed by atoms with Crippen LogP contribution in [0.15, 0.2) is 61.1 Å². The molecule has 2 aromatic heterocycles. The van der Waals surface area contributed by atoms with Crippen LogP contribution in [0.1, 0.15) is 71.2 Å². The lowest BCUT2D eigenvalue weighted by atomic mass is 10.0. The van der Waals surface area contributed by atoms with Crippen molar-refractivity contribution in [2.45, 2.75) is 74.8 Å². The number of hydrogen-bond donors (Lipinski definition) is 0. The quantitative estimate of drug-likeness (QED) is 0.327. The summed E-state index contributed by atoms with van der Waals surface area (Å²) in [6, 6.07) is 15.6. The zero-order valence-corrected chi connectivity index (χ0v) is 20.5. The summed E-state index contributed by atoms with van der Waals surface area (Å²) in [7, 11) is 0. The van der Waals surface area contributed by atoms with E-state index < -0.39 is 0 Å². The molecule has 0 aliphatic carbocycles. The monoisotopic (exact) mass is 404 g/mol. The molecule has 4 aromatic rings. The minimum atomic E-state index is 0.540. The molecule has 0 N–H and O–H groups in total. The van der Waals surface area contributed by atoms with Gasteiger partial charge < -0.3 is 4.57 Å². The van der Waals surface area contributed by atoms with Crippen LogP contribution in [-0.2, 0) is 6.42 Å². The highest BCUT2D eigenvalue weighted by Gasteiger charge is 2.05. The first-order valence-electron chi connectivity index (χ1n) is 11.4. The number of aryl methyl sites for hydroxylation is 3. The summed E-state index contributed by atoms with van der Waals surface area (Å²) >= 11 is 0. The van der Waals surface area contributed by atoms with Crippen molar-refractivity contribution in [3.8, 4) is 0 Å². The molecular formula is C28H40N2. The van der Waals surface area contributed by atoms with E-state index in [4.69, 9.17) is 0 Å². The van der Waals surface area contributed by atoms with Crippen LogP contribution in [0.25, 0.3) is 21.7 Å². The molecule has 2 heterocycles. The van der Waals surface area contributed by atoms with Crippen LogP contribution in [0, 0.1) is 13.8 Å². The Bertz CT molecular complexity index is 1030. The minimum absolute atomic E-state index is 0.540. The topological polar surface area (TPSA) is 17.8 Å². The van der Waals surface area contributed by atoms with E-state index in [1.807, 2.05) is 40.1 Å². The second kappa shape index (κ2) is 12.8. The predicted molar refractivity (Wildman–Crippen MR) is 136 cm³/mol. The van der Waals surface area contributed by atoms with Crippen LogP contribution in [0.5, 0.6) is 0 Å². The van der Waals surface area contributed by atoms with Crippen LogP contribution in [0.3, 0.4) is 0 Å². The lowest BCUT2D eigenvalue weighted by Gasteiger charge is -2.08. The Morgan fingerprint density at radius 2 is 1.47 bits per heavy atom. The van der Waals surface area contributed by atoms with E-state index in [1.165, 1.54) is 38.4 Å². The normalized spacial score (nSPS) is 9.93. The van der Waals surface area contributed by atoms with Gasteiger partial charge in [0.1, 0.15) is 0 Å². The number of rotatable bonds is 2. The maximum absolute atomic E-state index is 4.15. The van der Waals surface area contributed by atoms with Crippen LogP contribution >= 0.6 is 0 Å². The third-order valence-electron chi connectivity index (χ3n) is 5.00. The van der Waals surface area contributed by atoms with Gasteiger partial charge in [0.2, 0.25) is 0 Å². The van der Waals surface area contributed by atoms with E-state index in [9.17, 15) is 0 Å². The lowest BCUT2D eigenvalue weighted by molar-refractivity contribution is 0.622. The van der Waals surface area contributed by atoms with Crippen molar-refractivity contribution in [2.24, 2.45) is 0 Å². The number of fused-ring (bicyclic) bond motifs is 2. The van der Waals surface area contributed by atoms with Gasteiger partial charge in [0.05, 0.1) is 0 Å². The Balaban J connectivity index is 0.000000258. The molecule has 2 aromatic carbocycles. The molecule has 4 rings (SSSR count). The predicted octanol–water partition coefficient (Wildman–Crippen LogP) is 8.69. The van der Waals surface area contributed by atoms with Gasteiger partial charge in [0.25, 0.3) is 0 Å². The summed E-state index contributed by atoms with van der Waals surface area (Å²) in [5.74, 6) is 0. The molecule has 0 radical (unpaired) electrons. The van der Waals surface area contributed by atoms with E-state index in [0.29, 0.717) is 6.04 Å². The molecule has 0 amide bonds. The summed E-state index contributed by atoms with van der Waals surface area (Å²) in [5.41, 5.74) is 5.42. The van der Waals surface area contributed by atoms with Gasteiger partial charge in [0.15, 0.2) is 0 Å². The van der Waals surface area contributed by atoms with E-state index in [2.05, 4.69) is 92.8 Å². The lowest BCUT2D eigenvalue weighted by Crippen LogP contribution is -1.97. The number of pyridine rings is 1. The van der Waals surface area contributed by atoms with E-state index in [0.717, 1.165) is 6.42 Å². The van der Waals surface area contributed by atoms with Crippen molar-refractivity contribution in [3.63, 3.8) is 0 Å². The smallest absolute Gasteiger partial charge is 0.0485 e. The Kier molecular flexibility index (Phi) is 10.9. The van der Waals surface area contributed by atoms with Crippen molar-refractivity contribution in [2.75, 3.05) is 0 Å².